The highest BCUT2D eigenvalue weighted by Gasteiger charge is 2.15. The second-order valence-electron chi connectivity index (χ2n) is 4.19. The fourth-order valence-corrected chi connectivity index (χ4v) is 2.25. The molecule has 4 heteroatoms. The highest BCUT2D eigenvalue weighted by atomic mass is 79.9. The van der Waals surface area contributed by atoms with Gasteiger partial charge in [0, 0.05) is 6.04 Å². The van der Waals surface area contributed by atoms with Crippen molar-refractivity contribution in [3.8, 4) is 17.2 Å². The van der Waals surface area contributed by atoms with Crippen molar-refractivity contribution in [2.75, 3.05) is 7.11 Å². The molecular weight excluding hydrogens is 306 g/mol. The molecule has 19 heavy (non-hydrogen) atoms. The van der Waals surface area contributed by atoms with Crippen LogP contribution in [0.25, 0.3) is 0 Å². The summed E-state index contributed by atoms with van der Waals surface area (Å²) >= 11 is 3.46. The van der Waals surface area contributed by atoms with Crippen LogP contribution in [0.3, 0.4) is 0 Å². The maximum absolute atomic E-state index is 6.01. The SMILES string of the molecule is COc1cccc(Oc2ccccc2Br)c1[C@H](C)N. The summed E-state index contributed by atoms with van der Waals surface area (Å²) in [5.41, 5.74) is 6.87. The number of hydrogen-bond donors (Lipinski definition) is 1. The first-order chi connectivity index (χ1) is 9.13. The van der Waals surface area contributed by atoms with Gasteiger partial charge in [-0.1, -0.05) is 18.2 Å². The molecule has 0 spiro atoms. The van der Waals surface area contributed by atoms with Crippen LogP contribution in [0, 0.1) is 0 Å². The molecule has 0 aliphatic rings. The largest absolute Gasteiger partial charge is 0.496 e. The molecule has 0 aromatic heterocycles. The molecule has 3 nitrogen and oxygen atoms in total. The topological polar surface area (TPSA) is 44.5 Å². The Bertz CT molecular complexity index is 570. The average Bonchev–Trinajstić information content (AvgIpc) is 2.40. The van der Waals surface area contributed by atoms with Gasteiger partial charge >= 0.3 is 0 Å². The zero-order valence-corrected chi connectivity index (χ0v) is 12.5. The van der Waals surface area contributed by atoms with E-state index in [1.165, 1.54) is 0 Å². The Kier molecular flexibility index (Phi) is 4.45. The van der Waals surface area contributed by atoms with Crippen LogP contribution in [-0.4, -0.2) is 7.11 Å². The van der Waals surface area contributed by atoms with Crippen molar-refractivity contribution in [2.24, 2.45) is 5.73 Å². The molecule has 0 unspecified atom stereocenters. The summed E-state index contributed by atoms with van der Waals surface area (Å²) in [7, 11) is 1.63. The van der Waals surface area contributed by atoms with Crippen LogP contribution in [0.4, 0.5) is 0 Å². The third-order valence-electron chi connectivity index (χ3n) is 2.76. The molecule has 2 aromatic carbocycles. The molecule has 0 radical (unpaired) electrons. The fourth-order valence-electron chi connectivity index (χ4n) is 1.89. The van der Waals surface area contributed by atoms with Gasteiger partial charge in [-0.2, -0.15) is 0 Å². The van der Waals surface area contributed by atoms with Crippen LogP contribution in [0.1, 0.15) is 18.5 Å². The Morgan fingerprint density at radius 1 is 1.00 bits per heavy atom. The summed E-state index contributed by atoms with van der Waals surface area (Å²) < 4.78 is 12.2. The van der Waals surface area contributed by atoms with Gasteiger partial charge in [0.25, 0.3) is 0 Å². The molecule has 2 N–H and O–H groups in total. The lowest BCUT2D eigenvalue weighted by Crippen LogP contribution is -2.08. The third kappa shape index (κ3) is 3.08. The smallest absolute Gasteiger partial charge is 0.141 e. The lowest BCUT2D eigenvalue weighted by Gasteiger charge is -2.17. The van der Waals surface area contributed by atoms with Gasteiger partial charge in [-0.05, 0) is 47.1 Å². The molecule has 0 aliphatic heterocycles. The molecule has 2 rings (SSSR count). The Balaban J connectivity index is 2.43. The van der Waals surface area contributed by atoms with Crippen LogP contribution in [0.15, 0.2) is 46.9 Å². The van der Waals surface area contributed by atoms with E-state index in [0.717, 1.165) is 21.5 Å². The first-order valence-corrected chi connectivity index (χ1v) is 6.77. The van der Waals surface area contributed by atoms with Gasteiger partial charge in [-0.15, -0.1) is 0 Å². The van der Waals surface area contributed by atoms with Crippen molar-refractivity contribution in [1.82, 2.24) is 0 Å². The van der Waals surface area contributed by atoms with E-state index in [9.17, 15) is 0 Å². The van der Waals surface area contributed by atoms with E-state index in [2.05, 4.69) is 15.9 Å². The first kappa shape index (κ1) is 13.9. The molecule has 0 saturated heterocycles. The average molecular weight is 322 g/mol. The number of rotatable bonds is 4. The minimum absolute atomic E-state index is 0.173. The molecule has 0 saturated carbocycles. The van der Waals surface area contributed by atoms with Crippen LogP contribution < -0.4 is 15.2 Å². The predicted octanol–water partition coefficient (Wildman–Crippen LogP) is 4.27. The minimum atomic E-state index is -0.173. The molecule has 0 heterocycles. The highest BCUT2D eigenvalue weighted by Crippen LogP contribution is 2.37. The van der Waals surface area contributed by atoms with E-state index >= 15 is 0 Å². The maximum atomic E-state index is 6.01. The van der Waals surface area contributed by atoms with E-state index in [1.807, 2.05) is 49.4 Å². The number of nitrogens with two attached hydrogens (primary N) is 1. The van der Waals surface area contributed by atoms with Crippen molar-refractivity contribution >= 4 is 15.9 Å². The summed E-state index contributed by atoms with van der Waals surface area (Å²) in [5, 5.41) is 0. The summed E-state index contributed by atoms with van der Waals surface area (Å²) in [6.07, 6.45) is 0. The first-order valence-electron chi connectivity index (χ1n) is 5.98. The van der Waals surface area contributed by atoms with E-state index < -0.39 is 0 Å². The molecule has 2 aromatic rings. The normalized spacial score (nSPS) is 12.0. The number of methoxy groups -OCH3 is 1. The molecule has 0 amide bonds. The van der Waals surface area contributed by atoms with Gasteiger partial charge in [-0.25, -0.2) is 0 Å². The Morgan fingerprint density at radius 2 is 1.63 bits per heavy atom. The van der Waals surface area contributed by atoms with Gasteiger partial charge in [0.1, 0.15) is 17.2 Å². The zero-order chi connectivity index (χ0) is 13.8. The van der Waals surface area contributed by atoms with Gasteiger partial charge in [0.05, 0.1) is 17.1 Å². The van der Waals surface area contributed by atoms with Gasteiger partial charge in [0.2, 0.25) is 0 Å². The predicted molar refractivity (Wildman–Crippen MR) is 79.8 cm³/mol. The van der Waals surface area contributed by atoms with Crippen molar-refractivity contribution in [3.05, 3.63) is 52.5 Å². The van der Waals surface area contributed by atoms with Crippen molar-refractivity contribution in [2.45, 2.75) is 13.0 Å². The monoisotopic (exact) mass is 321 g/mol. The van der Waals surface area contributed by atoms with Gasteiger partial charge in [-0.3, -0.25) is 0 Å². The van der Waals surface area contributed by atoms with Crippen LogP contribution in [0.5, 0.6) is 17.2 Å². The second kappa shape index (κ2) is 6.08. The Labute approximate surface area is 121 Å². The van der Waals surface area contributed by atoms with Crippen molar-refractivity contribution in [1.29, 1.82) is 0 Å². The van der Waals surface area contributed by atoms with E-state index in [0.29, 0.717) is 5.75 Å². The Morgan fingerprint density at radius 3 is 2.26 bits per heavy atom. The van der Waals surface area contributed by atoms with E-state index in [-0.39, 0.29) is 6.04 Å². The highest BCUT2D eigenvalue weighted by molar-refractivity contribution is 9.10. The molecular formula is C15H16BrNO2. The summed E-state index contributed by atoms with van der Waals surface area (Å²) in [4.78, 5) is 0. The van der Waals surface area contributed by atoms with Gasteiger partial charge in [0.15, 0.2) is 0 Å². The molecule has 100 valence electrons. The molecule has 0 fully saturated rings. The summed E-state index contributed by atoms with van der Waals surface area (Å²) in [6, 6.07) is 13.2. The third-order valence-corrected chi connectivity index (χ3v) is 3.41. The molecule has 0 aliphatic carbocycles. The fraction of sp³-hybridized carbons (Fsp3) is 0.200. The lowest BCUT2D eigenvalue weighted by molar-refractivity contribution is 0.397. The number of benzene rings is 2. The van der Waals surface area contributed by atoms with E-state index in [4.69, 9.17) is 15.2 Å². The van der Waals surface area contributed by atoms with Crippen molar-refractivity contribution < 1.29 is 9.47 Å². The second-order valence-corrected chi connectivity index (χ2v) is 5.05. The Hall–Kier alpha value is -1.52. The summed E-state index contributed by atoms with van der Waals surface area (Å²) in [6.45, 7) is 1.91. The molecule has 1 atom stereocenters. The van der Waals surface area contributed by atoms with Crippen molar-refractivity contribution in [3.63, 3.8) is 0 Å². The van der Waals surface area contributed by atoms with E-state index in [1.54, 1.807) is 7.11 Å². The lowest BCUT2D eigenvalue weighted by atomic mass is 10.1. The zero-order valence-electron chi connectivity index (χ0n) is 10.9. The number of halogens is 1. The van der Waals surface area contributed by atoms with Crippen LogP contribution in [0.2, 0.25) is 0 Å². The maximum Gasteiger partial charge on any atom is 0.141 e. The number of hydrogen-bond acceptors (Lipinski definition) is 3. The standard InChI is InChI=1S/C15H16BrNO2/c1-10(17)15-13(18-2)8-5-9-14(15)19-12-7-4-3-6-11(12)16/h3-10H,17H2,1-2H3/t10-/m0/s1. The van der Waals surface area contributed by atoms with Crippen LogP contribution in [-0.2, 0) is 0 Å². The minimum Gasteiger partial charge on any atom is -0.496 e. The molecule has 0 bridgehead atoms. The quantitative estimate of drug-likeness (QED) is 0.914. The van der Waals surface area contributed by atoms with Crippen LogP contribution >= 0.6 is 15.9 Å². The number of para-hydroxylation sites is 1. The van der Waals surface area contributed by atoms with Gasteiger partial charge < -0.3 is 15.2 Å². The summed E-state index contributed by atoms with van der Waals surface area (Å²) in [5.74, 6) is 2.19. The number of ether oxygens (including phenoxy) is 2.